The van der Waals surface area contributed by atoms with Crippen LogP contribution in [0.25, 0.3) is 0 Å². The standard InChI is InChI=1S/C12H25N3O3/c1-6-8(2)10(11(16)17)14-12(18)13-7-9(3)15(4)5/h8-10H,6-7H2,1-5H3,(H,16,17)(H2,13,14,18)/t8-,9?,10-/m1/s1. The molecule has 0 aliphatic rings. The number of carbonyl (C=O) groups excluding carboxylic acids is 1. The number of nitrogens with zero attached hydrogens (tertiary/aromatic N) is 1. The lowest BCUT2D eigenvalue weighted by atomic mass is 9.99. The Morgan fingerprint density at radius 2 is 1.83 bits per heavy atom. The SMILES string of the molecule is CC[C@@H](C)[C@@H](NC(=O)NCC(C)N(C)C)C(=O)O. The van der Waals surface area contributed by atoms with E-state index in [0.717, 1.165) is 0 Å². The van der Waals surface area contributed by atoms with E-state index in [-0.39, 0.29) is 12.0 Å². The van der Waals surface area contributed by atoms with Gasteiger partial charge in [-0.2, -0.15) is 0 Å². The molecular formula is C12H25N3O3. The molecule has 6 nitrogen and oxygen atoms in total. The van der Waals surface area contributed by atoms with Gasteiger partial charge in [-0.25, -0.2) is 9.59 Å². The average Bonchev–Trinajstić information content (AvgIpc) is 2.31. The Hall–Kier alpha value is -1.30. The number of amides is 2. The Morgan fingerprint density at radius 3 is 2.22 bits per heavy atom. The van der Waals surface area contributed by atoms with Crippen LogP contribution in [0.5, 0.6) is 0 Å². The third kappa shape index (κ3) is 5.86. The van der Waals surface area contributed by atoms with Crippen LogP contribution in [0.4, 0.5) is 4.79 Å². The number of carbonyl (C=O) groups is 2. The van der Waals surface area contributed by atoms with Crippen LogP contribution in [0.2, 0.25) is 0 Å². The van der Waals surface area contributed by atoms with Crippen molar-refractivity contribution in [1.29, 1.82) is 0 Å². The number of nitrogens with one attached hydrogen (secondary N) is 2. The fourth-order valence-corrected chi connectivity index (χ4v) is 1.30. The third-order valence-electron chi connectivity index (χ3n) is 3.21. The molecular weight excluding hydrogens is 234 g/mol. The molecule has 0 fully saturated rings. The van der Waals surface area contributed by atoms with Gasteiger partial charge in [-0.05, 0) is 26.9 Å². The highest BCUT2D eigenvalue weighted by Crippen LogP contribution is 2.07. The predicted molar refractivity (Wildman–Crippen MR) is 70.6 cm³/mol. The number of rotatable bonds is 7. The summed E-state index contributed by atoms with van der Waals surface area (Å²) in [5.74, 6) is -1.10. The molecule has 0 aliphatic heterocycles. The van der Waals surface area contributed by atoms with Crippen LogP contribution >= 0.6 is 0 Å². The Bertz CT molecular complexity index is 282. The first kappa shape index (κ1) is 16.7. The van der Waals surface area contributed by atoms with E-state index in [0.29, 0.717) is 13.0 Å². The molecule has 0 bridgehead atoms. The molecule has 0 aromatic rings. The van der Waals surface area contributed by atoms with Gasteiger partial charge >= 0.3 is 12.0 Å². The van der Waals surface area contributed by atoms with Gasteiger partial charge in [0.2, 0.25) is 0 Å². The van der Waals surface area contributed by atoms with Crippen LogP contribution in [0.3, 0.4) is 0 Å². The molecule has 0 aromatic carbocycles. The second-order valence-electron chi connectivity index (χ2n) is 4.87. The molecule has 0 saturated carbocycles. The molecule has 2 amide bonds. The topological polar surface area (TPSA) is 81.7 Å². The van der Waals surface area contributed by atoms with E-state index in [1.165, 1.54) is 0 Å². The summed E-state index contributed by atoms with van der Waals surface area (Å²) in [6, 6.07) is -1.08. The highest BCUT2D eigenvalue weighted by molar-refractivity contribution is 5.82. The Morgan fingerprint density at radius 1 is 1.28 bits per heavy atom. The van der Waals surface area contributed by atoms with Crippen molar-refractivity contribution in [3.63, 3.8) is 0 Å². The molecule has 0 aliphatic carbocycles. The zero-order valence-electron chi connectivity index (χ0n) is 11.9. The van der Waals surface area contributed by atoms with E-state index in [9.17, 15) is 9.59 Å². The van der Waals surface area contributed by atoms with Gasteiger partial charge in [-0.15, -0.1) is 0 Å². The van der Waals surface area contributed by atoms with Gasteiger partial charge < -0.3 is 20.6 Å². The number of hydrogen-bond donors (Lipinski definition) is 3. The summed E-state index contributed by atoms with van der Waals surface area (Å²) >= 11 is 0. The van der Waals surface area contributed by atoms with Crippen LogP contribution in [-0.2, 0) is 4.79 Å². The molecule has 0 saturated heterocycles. The fourth-order valence-electron chi connectivity index (χ4n) is 1.30. The lowest BCUT2D eigenvalue weighted by Gasteiger charge is -2.23. The molecule has 0 aromatic heterocycles. The van der Waals surface area contributed by atoms with Crippen LogP contribution in [-0.4, -0.2) is 54.7 Å². The first-order chi connectivity index (χ1) is 8.29. The van der Waals surface area contributed by atoms with Crippen molar-refractivity contribution < 1.29 is 14.7 Å². The summed E-state index contributed by atoms with van der Waals surface area (Å²) in [6.07, 6.45) is 0.700. The predicted octanol–water partition coefficient (Wildman–Crippen LogP) is 0.735. The van der Waals surface area contributed by atoms with E-state index in [1.54, 1.807) is 0 Å². The minimum absolute atomic E-state index is 0.0977. The van der Waals surface area contributed by atoms with Crippen molar-refractivity contribution in [1.82, 2.24) is 15.5 Å². The lowest BCUT2D eigenvalue weighted by Crippen LogP contribution is -2.51. The van der Waals surface area contributed by atoms with Gasteiger partial charge in [0.15, 0.2) is 0 Å². The normalized spacial score (nSPS) is 15.9. The summed E-state index contributed by atoms with van der Waals surface area (Å²) in [7, 11) is 3.84. The van der Waals surface area contributed by atoms with Gasteiger partial charge in [0, 0.05) is 12.6 Å². The van der Waals surface area contributed by atoms with Crippen molar-refractivity contribution in [3.05, 3.63) is 0 Å². The van der Waals surface area contributed by atoms with Crippen molar-refractivity contribution in [3.8, 4) is 0 Å². The van der Waals surface area contributed by atoms with Crippen molar-refractivity contribution in [2.24, 2.45) is 5.92 Å². The number of likely N-dealkylation sites (N-methyl/N-ethyl adjacent to an activating group) is 1. The first-order valence-electron chi connectivity index (χ1n) is 6.23. The van der Waals surface area contributed by atoms with E-state index in [4.69, 9.17) is 5.11 Å². The van der Waals surface area contributed by atoms with Crippen LogP contribution in [0, 0.1) is 5.92 Å². The third-order valence-corrected chi connectivity index (χ3v) is 3.21. The number of aliphatic carboxylic acids is 1. The molecule has 3 atom stereocenters. The maximum atomic E-state index is 11.6. The molecule has 0 heterocycles. The van der Waals surface area contributed by atoms with Crippen LogP contribution in [0.1, 0.15) is 27.2 Å². The van der Waals surface area contributed by atoms with Gasteiger partial charge in [-0.1, -0.05) is 20.3 Å². The van der Waals surface area contributed by atoms with E-state index < -0.39 is 18.0 Å². The minimum atomic E-state index is -1.000. The van der Waals surface area contributed by atoms with E-state index in [1.807, 2.05) is 39.8 Å². The Labute approximate surface area is 109 Å². The van der Waals surface area contributed by atoms with Gasteiger partial charge in [-0.3, -0.25) is 0 Å². The van der Waals surface area contributed by atoms with Gasteiger partial charge in [0.1, 0.15) is 6.04 Å². The van der Waals surface area contributed by atoms with Crippen molar-refractivity contribution >= 4 is 12.0 Å². The smallest absolute Gasteiger partial charge is 0.326 e. The highest BCUT2D eigenvalue weighted by Gasteiger charge is 2.25. The number of carboxylic acids is 1. The number of hydrogen-bond acceptors (Lipinski definition) is 3. The van der Waals surface area contributed by atoms with Crippen LogP contribution < -0.4 is 10.6 Å². The largest absolute Gasteiger partial charge is 0.480 e. The van der Waals surface area contributed by atoms with Crippen molar-refractivity contribution in [2.45, 2.75) is 39.3 Å². The molecule has 3 N–H and O–H groups in total. The molecule has 0 radical (unpaired) electrons. The van der Waals surface area contributed by atoms with Gasteiger partial charge in [0.25, 0.3) is 0 Å². The van der Waals surface area contributed by atoms with Gasteiger partial charge in [0.05, 0.1) is 0 Å². The van der Waals surface area contributed by atoms with Crippen LogP contribution in [0.15, 0.2) is 0 Å². The number of carboxylic acid groups (broad SMARTS) is 1. The summed E-state index contributed by atoms with van der Waals surface area (Å²) in [5.41, 5.74) is 0. The maximum absolute atomic E-state index is 11.6. The van der Waals surface area contributed by atoms with E-state index in [2.05, 4.69) is 10.6 Å². The summed E-state index contributed by atoms with van der Waals surface area (Å²) in [6.45, 7) is 6.16. The quantitative estimate of drug-likeness (QED) is 0.629. The Kier molecular flexibility index (Phi) is 7.35. The van der Waals surface area contributed by atoms with E-state index >= 15 is 0 Å². The molecule has 1 unspecified atom stereocenters. The monoisotopic (exact) mass is 259 g/mol. The molecule has 18 heavy (non-hydrogen) atoms. The molecule has 0 spiro atoms. The second-order valence-corrected chi connectivity index (χ2v) is 4.87. The van der Waals surface area contributed by atoms with Crippen molar-refractivity contribution in [2.75, 3.05) is 20.6 Å². The fraction of sp³-hybridized carbons (Fsp3) is 0.833. The summed E-state index contributed by atoms with van der Waals surface area (Å²) < 4.78 is 0. The minimum Gasteiger partial charge on any atom is -0.480 e. The molecule has 6 heteroatoms. The Balaban J connectivity index is 4.23. The number of urea groups is 1. The zero-order valence-corrected chi connectivity index (χ0v) is 11.9. The maximum Gasteiger partial charge on any atom is 0.326 e. The highest BCUT2D eigenvalue weighted by atomic mass is 16.4. The average molecular weight is 259 g/mol. The zero-order chi connectivity index (χ0) is 14.3. The molecule has 106 valence electrons. The summed E-state index contributed by atoms with van der Waals surface area (Å²) in [5, 5.41) is 14.2. The molecule has 0 rings (SSSR count). The second kappa shape index (κ2) is 7.92. The summed E-state index contributed by atoms with van der Waals surface area (Å²) in [4.78, 5) is 24.6. The lowest BCUT2D eigenvalue weighted by molar-refractivity contribution is -0.140. The first-order valence-corrected chi connectivity index (χ1v) is 6.23.